The van der Waals surface area contributed by atoms with Crippen LogP contribution in [-0.4, -0.2) is 40.3 Å². The van der Waals surface area contributed by atoms with Gasteiger partial charge in [-0.1, -0.05) is 12.1 Å². The molecule has 0 amide bonds. The Bertz CT molecular complexity index is 1930. The fourth-order valence-electron chi connectivity index (χ4n) is 5.01. The summed E-state index contributed by atoms with van der Waals surface area (Å²) >= 11 is 0. The molecule has 0 aliphatic carbocycles. The van der Waals surface area contributed by atoms with Gasteiger partial charge in [0.25, 0.3) is 0 Å². The Morgan fingerprint density at radius 1 is 1.02 bits per heavy atom. The van der Waals surface area contributed by atoms with Gasteiger partial charge in [-0.2, -0.15) is 5.26 Å². The fraction of sp³-hybridized carbons (Fsp3) is 0.212. The highest BCUT2D eigenvalue weighted by atomic mass is 19.1. The highest BCUT2D eigenvalue weighted by Crippen LogP contribution is 2.29. The molecule has 11 heteroatoms. The number of nitriles is 1. The lowest BCUT2D eigenvalue weighted by Gasteiger charge is -2.27. The Morgan fingerprint density at radius 3 is 2.57 bits per heavy atom. The van der Waals surface area contributed by atoms with E-state index in [4.69, 9.17) is 19.5 Å². The number of hydrogen-bond acceptors (Lipinski definition) is 7. The number of ether oxygens (including phenoxy) is 3. The number of nitrogens with zero attached hydrogens (tertiary/aromatic N) is 4. The first-order valence-electron chi connectivity index (χ1n) is 13.8. The maximum atomic E-state index is 15.5. The van der Waals surface area contributed by atoms with Crippen LogP contribution in [0.5, 0.6) is 5.88 Å². The first-order chi connectivity index (χ1) is 21.3. The lowest BCUT2D eigenvalue weighted by Crippen LogP contribution is -2.31. The minimum Gasteiger partial charge on any atom is -0.473 e. The van der Waals surface area contributed by atoms with Crippen LogP contribution in [0.25, 0.3) is 22.3 Å². The molecule has 0 unspecified atom stereocenters. The van der Waals surface area contributed by atoms with Crippen molar-refractivity contribution in [2.75, 3.05) is 13.7 Å². The van der Waals surface area contributed by atoms with Gasteiger partial charge in [-0.25, -0.2) is 27.9 Å². The van der Waals surface area contributed by atoms with Crippen molar-refractivity contribution in [1.82, 2.24) is 14.5 Å². The summed E-state index contributed by atoms with van der Waals surface area (Å²) in [7, 11) is 1.30. The molecule has 222 valence electrons. The Hall–Kier alpha value is -5.21. The van der Waals surface area contributed by atoms with E-state index in [9.17, 15) is 9.18 Å². The molecule has 0 bridgehead atoms. The number of halogens is 3. The summed E-state index contributed by atoms with van der Waals surface area (Å²) in [5.41, 5.74) is 2.18. The standard InChI is InChI=1S/C33H25F3N4O4/c1-42-33(41)20-7-8-29-30(13-20)40(17-23-9-10-43-23)31(38-29)14-22-12-27(36)24(15-26(22)35)28-3-2-4-32(39-28)44-18-21-6-5-19(16-37)11-25(21)34/h2-8,11-13,15,23H,9-10,14,17-18H2,1H3/t23-/m0/s1. The molecule has 0 saturated carbocycles. The van der Waals surface area contributed by atoms with Gasteiger partial charge in [-0.15, -0.1) is 0 Å². The molecule has 1 fully saturated rings. The van der Waals surface area contributed by atoms with E-state index in [1.165, 1.54) is 31.4 Å². The van der Waals surface area contributed by atoms with Crippen LogP contribution >= 0.6 is 0 Å². The molecule has 1 saturated heterocycles. The first kappa shape index (κ1) is 28.9. The van der Waals surface area contributed by atoms with E-state index in [1.54, 1.807) is 24.3 Å². The topological polar surface area (TPSA) is 99.3 Å². The number of imidazole rings is 1. The second kappa shape index (κ2) is 12.2. The molecule has 3 heterocycles. The summed E-state index contributed by atoms with van der Waals surface area (Å²) < 4.78 is 63.1. The fourth-order valence-corrected chi connectivity index (χ4v) is 5.01. The highest BCUT2D eigenvalue weighted by Gasteiger charge is 2.24. The molecular formula is C33H25F3N4O4. The van der Waals surface area contributed by atoms with Crippen LogP contribution < -0.4 is 4.74 Å². The predicted octanol–water partition coefficient (Wildman–Crippen LogP) is 6.13. The SMILES string of the molecule is COC(=O)c1ccc2nc(Cc3cc(F)c(-c4cccc(OCc5ccc(C#N)cc5F)n4)cc3F)n(C[C@@H]3CCO3)c2c1. The Balaban J connectivity index is 1.26. The third-order valence-corrected chi connectivity index (χ3v) is 7.47. The monoisotopic (exact) mass is 598 g/mol. The van der Waals surface area contributed by atoms with Gasteiger partial charge < -0.3 is 18.8 Å². The summed E-state index contributed by atoms with van der Waals surface area (Å²) in [5, 5.41) is 8.91. The smallest absolute Gasteiger partial charge is 0.337 e. The molecule has 1 aliphatic rings. The van der Waals surface area contributed by atoms with Crippen LogP contribution in [0.2, 0.25) is 0 Å². The van der Waals surface area contributed by atoms with E-state index >= 15 is 8.78 Å². The quantitative estimate of drug-likeness (QED) is 0.188. The van der Waals surface area contributed by atoms with Crippen LogP contribution in [0.1, 0.15) is 39.3 Å². The van der Waals surface area contributed by atoms with Crippen LogP contribution in [0.4, 0.5) is 13.2 Å². The number of carbonyl (C=O) groups is 1. The summed E-state index contributed by atoms with van der Waals surface area (Å²) in [6, 6.07) is 17.7. The number of pyridine rings is 1. The zero-order chi connectivity index (χ0) is 30.8. The van der Waals surface area contributed by atoms with E-state index in [2.05, 4.69) is 9.97 Å². The minimum absolute atomic E-state index is 0.00920. The maximum Gasteiger partial charge on any atom is 0.337 e. The Morgan fingerprint density at radius 2 is 1.84 bits per heavy atom. The number of hydrogen-bond donors (Lipinski definition) is 0. The van der Waals surface area contributed by atoms with E-state index in [1.807, 2.05) is 10.6 Å². The molecule has 1 aliphatic heterocycles. The number of benzene rings is 3. The van der Waals surface area contributed by atoms with E-state index in [0.717, 1.165) is 24.6 Å². The molecule has 0 N–H and O–H groups in total. The van der Waals surface area contributed by atoms with Gasteiger partial charge in [0.1, 0.15) is 29.9 Å². The average molecular weight is 599 g/mol. The normalized spacial score (nSPS) is 14.2. The maximum absolute atomic E-state index is 15.5. The number of aromatic nitrogens is 3. The zero-order valence-electron chi connectivity index (χ0n) is 23.5. The number of methoxy groups -OCH3 is 1. The predicted molar refractivity (Wildman–Crippen MR) is 153 cm³/mol. The summed E-state index contributed by atoms with van der Waals surface area (Å²) in [4.78, 5) is 21.1. The number of rotatable bonds is 9. The van der Waals surface area contributed by atoms with Crippen molar-refractivity contribution >= 4 is 17.0 Å². The lowest BCUT2D eigenvalue weighted by atomic mass is 10.0. The van der Waals surface area contributed by atoms with Gasteiger partial charge in [0, 0.05) is 30.2 Å². The van der Waals surface area contributed by atoms with Gasteiger partial charge in [0.15, 0.2) is 0 Å². The number of fused-ring (bicyclic) bond motifs is 1. The van der Waals surface area contributed by atoms with E-state index in [-0.39, 0.29) is 53.0 Å². The number of carbonyl (C=O) groups excluding carboxylic acids is 1. The van der Waals surface area contributed by atoms with Crippen LogP contribution in [-0.2, 0) is 29.0 Å². The number of esters is 1. The summed E-state index contributed by atoms with van der Waals surface area (Å²) in [6.07, 6.45) is 0.794. The zero-order valence-corrected chi connectivity index (χ0v) is 23.5. The van der Waals surface area contributed by atoms with Crippen molar-refractivity contribution in [3.63, 3.8) is 0 Å². The van der Waals surface area contributed by atoms with E-state index in [0.29, 0.717) is 35.6 Å². The van der Waals surface area contributed by atoms with Gasteiger partial charge in [0.2, 0.25) is 5.88 Å². The summed E-state index contributed by atoms with van der Waals surface area (Å²) in [5.74, 6) is -1.85. The molecule has 44 heavy (non-hydrogen) atoms. The van der Waals surface area contributed by atoms with Crippen LogP contribution in [0.3, 0.4) is 0 Å². The first-order valence-corrected chi connectivity index (χ1v) is 13.8. The average Bonchev–Trinajstić information content (AvgIpc) is 3.35. The van der Waals surface area contributed by atoms with Gasteiger partial charge >= 0.3 is 5.97 Å². The molecule has 2 aromatic heterocycles. The van der Waals surface area contributed by atoms with Crippen LogP contribution in [0, 0.1) is 28.8 Å². The van der Waals surface area contributed by atoms with Crippen molar-refractivity contribution in [1.29, 1.82) is 5.26 Å². The molecule has 3 aromatic carbocycles. The second-order valence-electron chi connectivity index (χ2n) is 10.3. The van der Waals surface area contributed by atoms with Crippen molar-refractivity contribution in [3.8, 4) is 23.2 Å². The summed E-state index contributed by atoms with van der Waals surface area (Å²) in [6.45, 7) is 0.924. The molecule has 0 spiro atoms. The Kier molecular flexibility index (Phi) is 8.00. The molecule has 1 atom stereocenters. The highest BCUT2D eigenvalue weighted by molar-refractivity contribution is 5.93. The molecular weight excluding hydrogens is 573 g/mol. The van der Waals surface area contributed by atoms with Gasteiger partial charge in [-0.3, -0.25) is 0 Å². The van der Waals surface area contributed by atoms with Crippen molar-refractivity contribution in [2.45, 2.75) is 32.1 Å². The minimum atomic E-state index is -0.692. The largest absolute Gasteiger partial charge is 0.473 e. The van der Waals surface area contributed by atoms with Gasteiger partial charge in [0.05, 0.1) is 53.7 Å². The van der Waals surface area contributed by atoms with Crippen LogP contribution in [0.15, 0.2) is 66.7 Å². The van der Waals surface area contributed by atoms with E-state index < -0.39 is 23.4 Å². The third-order valence-electron chi connectivity index (χ3n) is 7.47. The molecule has 0 radical (unpaired) electrons. The Labute approximate surface area is 250 Å². The second-order valence-corrected chi connectivity index (χ2v) is 10.3. The van der Waals surface area contributed by atoms with Gasteiger partial charge in [-0.05, 0) is 60.5 Å². The van der Waals surface area contributed by atoms with Crippen molar-refractivity contribution < 1.29 is 32.2 Å². The van der Waals surface area contributed by atoms with Crippen molar-refractivity contribution in [3.05, 3.63) is 112 Å². The third kappa shape index (κ3) is 5.85. The molecule has 5 aromatic rings. The lowest BCUT2D eigenvalue weighted by molar-refractivity contribution is -0.0589. The van der Waals surface area contributed by atoms with Crippen molar-refractivity contribution in [2.24, 2.45) is 0 Å². The molecule has 8 nitrogen and oxygen atoms in total. The molecule has 6 rings (SSSR count).